The first kappa shape index (κ1) is 22.0. The number of rotatable bonds is 10. The van der Waals surface area contributed by atoms with Gasteiger partial charge in [-0.15, -0.1) is 0 Å². The average molecular weight is 366 g/mol. The van der Waals surface area contributed by atoms with Crippen LogP contribution in [0.1, 0.15) is 71.8 Å². The van der Waals surface area contributed by atoms with Crippen molar-refractivity contribution in [3.05, 3.63) is 17.5 Å². The Morgan fingerprint density at radius 2 is 1.81 bits per heavy atom. The van der Waals surface area contributed by atoms with E-state index in [4.69, 9.17) is 4.52 Å². The van der Waals surface area contributed by atoms with Crippen LogP contribution in [0.4, 0.5) is 0 Å². The van der Waals surface area contributed by atoms with Gasteiger partial charge in [-0.1, -0.05) is 19.0 Å². The summed E-state index contributed by atoms with van der Waals surface area (Å²) < 4.78 is 5.42. The minimum absolute atomic E-state index is 0.0217. The molecular formula is C19H35N5O2. The molecule has 0 saturated carbocycles. The van der Waals surface area contributed by atoms with Gasteiger partial charge in [-0.05, 0) is 40.5 Å². The number of carbonyl (C=O) groups excluding carboxylic acids is 1. The first-order valence-corrected chi connectivity index (χ1v) is 9.63. The Morgan fingerprint density at radius 1 is 1.15 bits per heavy atom. The number of guanidine groups is 1. The number of carbonyl (C=O) groups is 1. The maximum Gasteiger partial charge on any atom is 0.227 e. The molecule has 0 bridgehead atoms. The lowest BCUT2D eigenvalue weighted by molar-refractivity contribution is -0.128. The fourth-order valence-corrected chi connectivity index (χ4v) is 2.59. The van der Waals surface area contributed by atoms with E-state index in [-0.39, 0.29) is 5.91 Å². The Hall–Kier alpha value is -2.05. The molecule has 0 aliphatic rings. The zero-order valence-corrected chi connectivity index (χ0v) is 17.1. The second kappa shape index (κ2) is 10.8. The summed E-state index contributed by atoms with van der Waals surface area (Å²) >= 11 is 0. The van der Waals surface area contributed by atoms with E-state index in [2.05, 4.69) is 39.9 Å². The van der Waals surface area contributed by atoms with Crippen LogP contribution in [0.5, 0.6) is 0 Å². The first-order valence-electron chi connectivity index (χ1n) is 9.63. The number of aromatic nitrogens is 1. The van der Waals surface area contributed by atoms with Gasteiger partial charge in [0.05, 0.1) is 11.1 Å². The van der Waals surface area contributed by atoms with E-state index in [1.54, 1.807) is 0 Å². The molecule has 1 heterocycles. The van der Waals surface area contributed by atoms with Gasteiger partial charge in [-0.3, -0.25) is 4.79 Å². The molecule has 7 heteroatoms. The van der Waals surface area contributed by atoms with Gasteiger partial charge in [0.1, 0.15) is 6.54 Å². The minimum atomic E-state index is -0.527. The Balaban J connectivity index is 2.70. The standard InChI is InChI=1S/C19H35N5O2/c1-7-14(8-2)16-11-15(26-24-16)12-22-18(21-10-4)23-13-19(5,6)17(25)20-9-3/h11,14H,7-10,12-13H2,1-6H3,(H,20,25)(H2,21,22,23). The van der Waals surface area contributed by atoms with E-state index in [9.17, 15) is 4.79 Å². The van der Waals surface area contributed by atoms with E-state index < -0.39 is 5.41 Å². The maximum atomic E-state index is 12.1. The Labute approximate surface area is 157 Å². The number of nitrogens with one attached hydrogen (secondary N) is 3. The molecule has 0 saturated heterocycles. The van der Waals surface area contributed by atoms with Crippen molar-refractivity contribution in [1.82, 2.24) is 21.1 Å². The highest BCUT2D eigenvalue weighted by molar-refractivity contribution is 5.84. The molecule has 1 rings (SSSR count). The SMILES string of the molecule is CCNC(=O)C(C)(C)CNC(=NCc1cc(C(CC)CC)no1)NCC. The van der Waals surface area contributed by atoms with Crippen LogP contribution in [0.2, 0.25) is 0 Å². The van der Waals surface area contributed by atoms with Gasteiger partial charge >= 0.3 is 0 Å². The van der Waals surface area contributed by atoms with Crippen LogP contribution < -0.4 is 16.0 Å². The monoisotopic (exact) mass is 365 g/mol. The van der Waals surface area contributed by atoms with E-state index in [0.29, 0.717) is 31.5 Å². The molecule has 0 fully saturated rings. The zero-order valence-electron chi connectivity index (χ0n) is 17.1. The lowest BCUT2D eigenvalue weighted by atomic mass is 9.92. The number of hydrogen-bond acceptors (Lipinski definition) is 4. The third-order valence-corrected chi connectivity index (χ3v) is 4.37. The summed E-state index contributed by atoms with van der Waals surface area (Å²) in [5.41, 5.74) is 0.469. The lowest BCUT2D eigenvalue weighted by Crippen LogP contribution is -2.47. The average Bonchev–Trinajstić information content (AvgIpc) is 3.07. The van der Waals surface area contributed by atoms with Crippen LogP contribution in [0.3, 0.4) is 0 Å². The predicted molar refractivity (Wildman–Crippen MR) is 105 cm³/mol. The van der Waals surface area contributed by atoms with Gasteiger partial charge in [-0.25, -0.2) is 4.99 Å². The minimum Gasteiger partial charge on any atom is -0.359 e. The number of nitrogens with zero attached hydrogens (tertiary/aromatic N) is 2. The molecule has 1 aromatic rings. The molecule has 0 atom stereocenters. The van der Waals surface area contributed by atoms with Crippen molar-refractivity contribution >= 4 is 11.9 Å². The Morgan fingerprint density at radius 3 is 2.38 bits per heavy atom. The Bertz CT molecular complexity index is 576. The van der Waals surface area contributed by atoms with E-state index in [0.717, 1.165) is 30.8 Å². The van der Waals surface area contributed by atoms with Crippen molar-refractivity contribution in [3.63, 3.8) is 0 Å². The molecule has 7 nitrogen and oxygen atoms in total. The summed E-state index contributed by atoms with van der Waals surface area (Å²) in [6.45, 7) is 14.3. The van der Waals surface area contributed by atoms with Gasteiger partial charge in [0, 0.05) is 31.6 Å². The van der Waals surface area contributed by atoms with Crippen LogP contribution in [0.25, 0.3) is 0 Å². The van der Waals surface area contributed by atoms with Gasteiger partial charge in [0.25, 0.3) is 0 Å². The molecule has 3 N–H and O–H groups in total. The largest absolute Gasteiger partial charge is 0.359 e. The smallest absolute Gasteiger partial charge is 0.227 e. The molecular weight excluding hydrogens is 330 g/mol. The molecule has 0 aromatic carbocycles. The topological polar surface area (TPSA) is 91.5 Å². The van der Waals surface area contributed by atoms with Gasteiger partial charge in [0.15, 0.2) is 11.7 Å². The van der Waals surface area contributed by atoms with Gasteiger partial charge < -0.3 is 20.5 Å². The first-order chi connectivity index (χ1) is 12.4. The number of aliphatic imine (C=N–C) groups is 1. The maximum absolute atomic E-state index is 12.1. The van der Waals surface area contributed by atoms with Crippen molar-refractivity contribution in [2.75, 3.05) is 19.6 Å². The third-order valence-electron chi connectivity index (χ3n) is 4.37. The summed E-state index contributed by atoms with van der Waals surface area (Å²) in [6.07, 6.45) is 2.09. The molecule has 0 spiro atoms. The summed E-state index contributed by atoms with van der Waals surface area (Å²) in [5.74, 6) is 1.85. The molecule has 0 radical (unpaired) electrons. The number of amides is 1. The highest BCUT2D eigenvalue weighted by Crippen LogP contribution is 2.22. The van der Waals surface area contributed by atoms with E-state index >= 15 is 0 Å². The second-order valence-electron chi connectivity index (χ2n) is 7.02. The predicted octanol–water partition coefficient (Wildman–Crippen LogP) is 2.80. The fourth-order valence-electron chi connectivity index (χ4n) is 2.59. The van der Waals surface area contributed by atoms with Crippen LogP contribution in [-0.4, -0.2) is 36.7 Å². The van der Waals surface area contributed by atoms with E-state index in [1.165, 1.54) is 0 Å². The molecule has 0 unspecified atom stereocenters. The zero-order chi connectivity index (χ0) is 19.6. The molecule has 0 aliphatic carbocycles. The molecule has 26 heavy (non-hydrogen) atoms. The number of hydrogen-bond donors (Lipinski definition) is 3. The summed E-state index contributed by atoms with van der Waals surface area (Å²) in [4.78, 5) is 16.6. The van der Waals surface area contributed by atoms with Crippen LogP contribution in [0, 0.1) is 5.41 Å². The highest BCUT2D eigenvalue weighted by atomic mass is 16.5. The summed E-state index contributed by atoms with van der Waals surface area (Å²) in [7, 11) is 0. The molecule has 1 aromatic heterocycles. The lowest BCUT2D eigenvalue weighted by Gasteiger charge is -2.24. The van der Waals surface area contributed by atoms with Crippen LogP contribution >= 0.6 is 0 Å². The Kier molecular flexibility index (Phi) is 9.16. The van der Waals surface area contributed by atoms with Crippen molar-refractivity contribution in [2.45, 2.75) is 66.8 Å². The van der Waals surface area contributed by atoms with Crippen molar-refractivity contribution < 1.29 is 9.32 Å². The molecule has 148 valence electrons. The van der Waals surface area contributed by atoms with E-state index in [1.807, 2.05) is 33.8 Å². The quantitative estimate of drug-likeness (QED) is 0.438. The third kappa shape index (κ3) is 6.69. The van der Waals surface area contributed by atoms with Crippen LogP contribution in [0.15, 0.2) is 15.6 Å². The molecule has 1 amide bonds. The summed E-state index contributed by atoms with van der Waals surface area (Å²) in [5, 5.41) is 13.5. The van der Waals surface area contributed by atoms with Crippen molar-refractivity contribution in [1.29, 1.82) is 0 Å². The van der Waals surface area contributed by atoms with Crippen molar-refractivity contribution in [3.8, 4) is 0 Å². The van der Waals surface area contributed by atoms with Gasteiger partial charge in [-0.2, -0.15) is 0 Å². The van der Waals surface area contributed by atoms with Gasteiger partial charge in [0.2, 0.25) is 5.91 Å². The summed E-state index contributed by atoms with van der Waals surface area (Å²) in [6, 6.07) is 1.99. The van der Waals surface area contributed by atoms with Crippen LogP contribution in [-0.2, 0) is 11.3 Å². The van der Waals surface area contributed by atoms with Crippen molar-refractivity contribution in [2.24, 2.45) is 10.4 Å². The normalized spacial score (nSPS) is 12.3. The fraction of sp³-hybridized carbons (Fsp3) is 0.737. The second-order valence-corrected chi connectivity index (χ2v) is 7.02. The molecule has 0 aliphatic heterocycles. The highest BCUT2D eigenvalue weighted by Gasteiger charge is 2.27.